The van der Waals surface area contributed by atoms with Gasteiger partial charge in [0.25, 0.3) is 0 Å². The lowest BCUT2D eigenvalue weighted by atomic mass is 9.95. The van der Waals surface area contributed by atoms with Gasteiger partial charge >= 0.3 is 0 Å². The predicted octanol–water partition coefficient (Wildman–Crippen LogP) is 1.13. The minimum atomic E-state index is 0.752. The highest BCUT2D eigenvalue weighted by atomic mass is 15.0. The fraction of sp³-hybridized carbons (Fsp3) is 1.00. The smallest absolute Gasteiger partial charge is 0.00683 e. The quantitative estimate of drug-likeness (QED) is 0.660. The minimum absolute atomic E-state index is 0.752. The molecule has 1 saturated carbocycles. The van der Waals surface area contributed by atoms with Gasteiger partial charge in [-0.2, -0.15) is 0 Å². The van der Waals surface area contributed by atoms with Crippen molar-refractivity contribution >= 4 is 0 Å². The van der Waals surface area contributed by atoms with Gasteiger partial charge in [0.1, 0.15) is 0 Å². The molecule has 2 rings (SSSR count). The van der Waals surface area contributed by atoms with Gasteiger partial charge in [0.2, 0.25) is 0 Å². The molecule has 2 aliphatic rings. The van der Waals surface area contributed by atoms with Crippen molar-refractivity contribution in [3.8, 4) is 0 Å². The molecular formula is C10H20N2. The second kappa shape index (κ2) is 3.75. The zero-order chi connectivity index (χ0) is 8.39. The number of piperidine rings is 1. The Morgan fingerprint density at radius 1 is 1.25 bits per heavy atom. The van der Waals surface area contributed by atoms with Crippen molar-refractivity contribution in [2.24, 2.45) is 5.92 Å². The second-order valence-corrected chi connectivity index (χ2v) is 4.44. The van der Waals surface area contributed by atoms with Gasteiger partial charge < -0.3 is 10.6 Å². The lowest BCUT2D eigenvalue weighted by Gasteiger charge is -2.27. The molecule has 0 spiro atoms. The molecule has 2 N–H and O–H groups in total. The summed E-state index contributed by atoms with van der Waals surface area (Å²) in [5.74, 6) is 0.891. The van der Waals surface area contributed by atoms with E-state index in [4.69, 9.17) is 0 Å². The molecule has 2 nitrogen and oxygen atoms in total. The van der Waals surface area contributed by atoms with Crippen LogP contribution < -0.4 is 10.6 Å². The molecule has 12 heavy (non-hydrogen) atoms. The maximum absolute atomic E-state index is 3.60. The van der Waals surface area contributed by atoms with Crippen LogP contribution in [0.5, 0.6) is 0 Å². The molecule has 0 aromatic rings. The lowest BCUT2D eigenvalue weighted by molar-refractivity contribution is 0.312. The zero-order valence-corrected chi connectivity index (χ0v) is 7.97. The molecule has 1 aliphatic carbocycles. The van der Waals surface area contributed by atoms with Crippen LogP contribution in [0.15, 0.2) is 0 Å². The van der Waals surface area contributed by atoms with E-state index in [-0.39, 0.29) is 0 Å². The molecule has 0 aromatic heterocycles. The standard InChI is InChI=1S/C10H20N2/c1-8-2-3-9(6-11-8)7-12-10-4-5-10/h8-12H,2-7H2,1H3. The van der Waals surface area contributed by atoms with E-state index in [1.54, 1.807) is 0 Å². The van der Waals surface area contributed by atoms with E-state index in [1.165, 1.54) is 38.8 Å². The summed E-state index contributed by atoms with van der Waals surface area (Å²) in [5.41, 5.74) is 0. The molecule has 0 amide bonds. The first-order valence-corrected chi connectivity index (χ1v) is 5.31. The Labute approximate surface area is 75.1 Å². The lowest BCUT2D eigenvalue weighted by Crippen LogP contribution is -2.41. The normalized spacial score (nSPS) is 36.8. The van der Waals surface area contributed by atoms with E-state index in [2.05, 4.69) is 17.6 Å². The topological polar surface area (TPSA) is 24.1 Å². The molecule has 2 atom stereocenters. The summed E-state index contributed by atoms with van der Waals surface area (Å²) >= 11 is 0. The SMILES string of the molecule is CC1CCC(CNC2CC2)CN1. The van der Waals surface area contributed by atoms with E-state index in [9.17, 15) is 0 Å². The summed E-state index contributed by atoms with van der Waals surface area (Å²) < 4.78 is 0. The maximum Gasteiger partial charge on any atom is 0.00683 e. The van der Waals surface area contributed by atoms with Crippen LogP contribution in [0.25, 0.3) is 0 Å². The van der Waals surface area contributed by atoms with Crippen molar-refractivity contribution in [1.82, 2.24) is 10.6 Å². The third-order valence-electron chi connectivity index (χ3n) is 3.04. The first-order chi connectivity index (χ1) is 5.84. The molecule has 2 unspecified atom stereocenters. The maximum atomic E-state index is 3.60. The first kappa shape index (κ1) is 8.52. The fourth-order valence-electron chi connectivity index (χ4n) is 1.85. The molecular weight excluding hydrogens is 148 g/mol. The van der Waals surface area contributed by atoms with Gasteiger partial charge in [-0.05, 0) is 51.6 Å². The number of hydrogen-bond acceptors (Lipinski definition) is 2. The molecule has 1 saturated heterocycles. The summed E-state index contributed by atoms with van der Waals surface area (Å²) in [5, 5.41) is 7.14. The largest absolute Gasteiger partial charge is 0.314 e. The van der Waals surface area contributed by atoms with Gasteiger partial charge in [0, 0.05) is 12.1 Å². The average molecular weight is 168 g/mol. The molecule has 70 valence electrons. The Morgan fingerprint density at radius 2 is 2.08 bits per heavy atom. The van der Waals surface area contributed by atoms with E-state index < -0.39 is 0 Å². The van der Waals surface area contributed by atoms with Gasteiger partial charge in [-0.25, -0.2) is 0 Å². The zero-order valence-electron chi connectivity index (χ0n) is 7.97. The van der Waals surface area contributed by atoms with Crippen LogP contribution in [0.2, 0.25) is 0 Å². The third-order valence-corrected chi connectivity index (χ3v) is 3.04. The van der Waals surface area contributed by atoms with Crippen LogP contribution in [0.3, 0.4) is 0 Å². The van der Waals surface area contributed by atoms with Gasteiger partial charge in [0.15, 0.2) is 0 Å². The summed E-state index contributed by atoms with van der Waals surface area (Å²) in [6, 6.07) is 1.63. The highest BCUT2D eigenvalue weighted by Crippen LogP contribution is 2.20. The minimum Gasteiger partial charge on any atom is -0.314 e. The average Bonchev–Trinajstić information content (AvgIpc) is 2.87. The molecule has 0 radical (unpaired) electrons. The van der Waals surface area contributed by atoms with Crippen molar-refractivity contribution in [2.75, 3.05) is 13.1 Å². The highest BCUT2D eigenvalue weighted by molar-refractivity contribution is 4.83. The number of hydrogen-bond donors (Lipinski definition) is 2. The summed E-state index contributed by atoms with van der Waals surface area (Å²) in [6.07, 6.45) is 5.60. The van der Waals surface area contributed by atoms with Crippen molar-refractivity contribution in [3.05, 3.63) is 0 Å². The number of rotatable bonds is 3. The van der Waals surface area contributed by atoms with Gasteiger partial charge in [-0.15, -0.1) is 0 Å². The summed E-state index contributed by atoms with van der Waals surface area (Å²) in [7, 11) is 0. The van der Waals surface area contributed by atoms with Crippen LogP contribution in [0, 0.1) is 5.92 Å². The van der Waals surface area contributed by atoms with Gasteiger partial charge in [-0.3, -0.25) is 0 Å². The van der Waals surface area contributed by atoms with Crippen LogP contribution in [-0.4, -0.2) is 25.2 Å². The van der Waals surface area contributed by atoms with Gasteiger partial charge in [0.05, 0.1) is 0 Å². The molecule has 1 aliphatic heterocycles. The molecule has 0 bridgehead atoms. The first-order valence-electron chi connectivity index (χ1n) is 5.31. The van der Waals surface area contributed by atoms with E-state index in [0.717, 1.165) is 18.0 Å². The van der Waals surface area contributed by atoms with Crippen LogP contribution in [0.1, 0.15) is 32.6 Å². The van der Waals surface area contributed by atoms with Crippen molar-refractivity contribution in [3.63, 3.8) is 0 Å². The summed E-state index contributed by atoms with van der Waals surface area (Å²) in [4.78, 5) is 0. The van der Waals surface area contributed by atoms with Gasteiger partial charge in [-0.1, -0.05) is 0 Å². The Kier molecular flexibility index (Phi) is 2.66. The summed E-state index contributed by atoms with van der Waals surface area (Å²) in [6.45, 7) is 4.75. The molecule has 1 heterocycles. The van der Waals surface area contributed by atoms with Crippen molar-refractivity contribution in [1.29, 1.82) is 0 Å². The fourth-order valence-corrected chi connectivity index (χ4v) is 1.85. The second-order valence-electron chi connectivity index (χ2n) is 4.44. The van der Waals surface area contributed by atoms with Crippen LogP contribution in [0.4, 0.5) is 0 Å². The van der Waals surface area contributed by atoms with E-state index in [1.807, 2.05) is 0 Å². The monoisotopic (exact) mass is 168 g/mol. The van der Waals surface area contributed by atoms with Crippen molar-refractivity contribution in [2.45, 2.75) is 44.7 Å². The number of nitrogens with one attached hydrogen (secondary N) is 2. The third kappa shape index (κ3) is 2.46. The Balaban J connectivity index is 1.60. The van der Waals surface area contributed by atoms with Crippen molar-refractivity contribution < 1.29 is 0 Å². The Hall–Kier alpha value is -0.0800. The van der Waals surface area contributed by atoms with Crippen LogP contribution in [-0.2, 0) is 0 Å². The Morgan fingerprint density at radius 3 is 2.67 bits per heavy atom. The van der Waals surface area contributed by atoms with E-state index >= 15 is 0 Å². The van der Waals surface area contributed by atoms with Crippen LogP contribution >= 0.6 is 0 Å². The molecule has 2 heteroatoms. The molecule has 2 fully saturated rings. The Bertz CT molecular complexity index is 135. The molecule has 0 aromatic carbocycles. The highest BCUT2D eigenvalue weighted by Gasteiger charge is 2.23. The predicted molar refractivity (Wildman–Crippen MR) is 51.2 cm³/mol. The van der Waals surface area contributed by atoms with E-state index in [0.29, 0.717) is 0 Å².